The number of hydrogen-bond donors (Lipinski definition) is 0. The van der Waals surface area contributed by atoms with Gasteiger partial charge >= 0.3 is 0 Å². The molecule has 1 aromatic rings. The van der Waals surface area contributed by atoms with Gasteiger partial charge in [0.15, 0.2) is 18.1 Å². The average Bonchev–Trinajstić information content (AvgIpc) is 3.50. The van der Waals surface area contributed by atoms with E-state index in [0.29, 0.717) is 36.3 Å². The SMILES string of the molecule is COc1ccccc1OCC(=O)N(CCC(=O)N(CC(C)C)CC(C)C)C1CC1. The van der Waals surface area contributed by atoms with E-state index in [4.69, 9.17) is 9.47 Å². The third kappa shape index (κ3) is 7.59. The third-order valence-electron chi connectivity index (χ3n) is 4.82. The first-order valence-corrected chi connectivity index (χ1v) is 10.6. The molecular formula is C23H36N2O4. The van der Waals surface area contributed by atoms with Crippen LogP contribution in [0.25, 0.3) is 0 Å². The minimum absolute atomic E-state index is 0.0488. The standard InChI is InChI=1S/C23H36N2O4/c1-17(2)14-24(15-18(3)4)22(26)12-13-25(19-10-11-19)23(27)16-29-21-9-7-6-8-20(21)28-5/h6-9,17-19H,10-16H2,1-5H3. The molecule has 1 saturated carbocycles. The van der Waals surface area contributed by atoms with E-state index >= 15 is 0 Å². The summed E-state index contributed by atoms with van der Waals surface area (Å²) in [5, 5.41) is 0. The molecule has 0 unspecified atom stereocenters. The second-order valence-electron chi connectivity index (χ2n) is 8.59. The summed E-state index contributed by atoms with van der Waals surface area (Å²) in [6.07, 6.45) is 2.35. The van der Waals surface area contributed by atoms with E-state index in [9.17, 15) is 9.59 Å². The van der Waals surface area contributed by atoms with Crippen LogP contribution in [0, 0.1) is 11.8 Å². The van der Waals surface area contributed by atoms with E-state index in [1.807, 2.05) is 21.9 Å². The van der Waals surface area contributed by atoms with Crippen LogP contribution in [0.15, 0.2) is 24.3 Å². The van der Waals surface area contributed by atoms with Crippen LogP contribution in [0.4, 0.5) is 0 Å². The van der Waals surface area contributed by atoms with Gasteiger partial charge in [0.2, 0.25) is 5.91 Å². The molecule has 0 spiro atoms. The molecule has 0 bridgehead atoms. The summed E-state index contributed by atoms with van der Waals surface area (Å²) in [5.41, 5.74) is 0. The first-order chi connectivity index (χ1) is 13.8. The predicted molar refractivity (Wildman–Crippen MR) is 114 cm³/mol. The second-order valence-corrected chi connectivity index (χ2v) is 8.59. The van der Waals surface area contributed by atoms with Crippen molar-refractivity contribution in [3.63, 3.8) is 0 Å². The molecule has 2 amide bonds. The molecule has 0 atom stereocenters. The number of para-hydroxylation sites is 2. The number of carbonyl (C=O) groups excluding carboxylic acids is 2. The molecule has 6 heteroatoms. The van der Waals surface area contributed by atoms with Gasteiger partial charge < -0.3 is 19.3 Å². The van der Waals surface area contributed by atoms with Gasteiger partial charge in [-0.1, -0.05) is 39.8 Å². The highest BCUT2D eigenvalue weighted by Gasteiger charge is 2.33. The van der Waals surface area contributed by atoms with Crippen molar-refractivity contribution in [2.75, 3.05) is 33.4 Å². The molecule has 2 rings (SSSR count). The lowest BCUT2D eigenvalue weighted by Crippen LogP contribution is -2.42. The van der Waals surface area contributed by atoms with Crippen molar-refractivity contribution in [2.24, 2.45) is 11.8 Å². The van der Waals surface area contributed by atoms with Gasteiger partial charge in [0.05, 0.1) is 7.11 Å². The van der Waals surface area contributed by atoms with Gasteiger partial charge in [0.25, 0.3) is 5.91 Å². The zero-order valence-electron chi connectivity index (χ0n) is 18.5. The average molecular weight is 405 g/mol. The van der Waals surface area contributed by atoms with Crippen LogP contribution in [-0.4, -0.2) is 61.0 Å². The van der Waals surface area contributed by atoms with Crippen LogP contribution < -0.4 is 9.47 Å². The van der Waals surface area contributed by atoms with Crippen LogP contribution in [0.1, 0.15) is 47.0 Å². The van der Waals surface area contributed by atoms with Crippen molar-refractivity contribution in [1.82, 2.24) is 9.80 Å². The van der Waals surface area contributed by atoms with Gasteiger partial charge in [-0.05, 0) is 36.8 Å². The van der Waals surface area contributed by atoms with E-state index in [0.717, 1.165) is 25.9 Å². The Hall–Kier alpha value is -2.24. The van der Waals surface area contributed by atoms with Crippen molar-refractivity contribution >= 4 is 11.8 Å². The summed E-state index contributed by atoms with van der Waals surface area (Å²) in [5.74, 6) is 2.05. The van der Waals surface area contributed by atoms with Gasteiger partial charge in [-0.3, -0.25) is 9.59 Å². The number of carbonyl (C=O) groups is 2. The van der Waals surface area contributed by atoms with E-state index in [2.05, 4.69) is 27.7 Å². The summed E-state index contributed by atoms with van der Waals surface area (Å²) in [4.78, 5) is 29.3. The molecule has 1 aliphatic rings. The number of rotatable bonds is 12. The molecule has 6 nitrogen and oxygen atoms in total. The van der Waals surface area contributed by atoms with E-state index in [1.54, 1.807) is 19.2 Å². The highest BCUT2D eigenvalue weighted by Crippen LogP contribution is 2.29. The van der Waals surface area contributed by atoms with Crippen LogP contribution in [0.3, 0.4) is 0 Å². The first kappa shape index (κ1) is 23.0. The summed E-state index contributed by atoms with van der Waals surface area (Å²) in [6, 6.07) is 7.52. The van der Waals surface area contributed by atoms with E-state index < -0.39 is 0 Å². The van der Waals surface area contributed by atoms with Gasteiger partial charge in [0.1, 0.15) is 0 Å². The van der Waals surface area contributed by atoms with Crippen LogP contribution in [0.5, 0.6) is 11.5 Å². The van der Waals surface area contributed by atoms with Gasteiger partial charge in [0, 0.05) is 32.1 Å². The molecule has 29 heavy (non-hydrogen) atoms. The van der Waals surface area contributed by atoms with Gasteiger partial charge in [-0.2, -0.15) is 0 Å². The maximum absolute atomic E-state index is 12.8. The Bertz CT molecular complexity index is 661. The largest absolute Gasteiger partial charge is 0.493 e. The molecule has 0 saturated heterocycles. The fraction of sp³-hybridized carbons (Fsp3) is 0.652. The Morgan fingerprint density at radius 1 is 1.00 bits per heavy atom. The zero-order valence-corrected chi connectivity index (χ0v) is 18.5. The third-order valence-corrected chi connectivity index (χ3v) is 4.82. The monoisotopic (exact) mass is 404 g/mol. The molecule has 1 aromatic carbocycles. The Morgan fingerprint density at radius 2 is 1.59 bits per heavy atom. The van der Waals surface area contributed by atoms with Crippen molar-refractivity contribution < 1.29 is 19.1 Å². The van der Waals surface area contributed by atoms with E-state index in [1.165, 1.54) is 0 Å². The number of methoxy groups -OCH3 is 1. The Kier molecular flexibility index (Phi) is 8.80. The molecule has 1 fully saturated rings. The quantitative estimate of drug-likeness (QED) is 0.534. The minimum Gasteiger partial charge on any atom is -0.493 e. The number of hydrogen-bond acceptors (Lipinski definition) is 4. The summed E-state index contributed by atoms with van der Waals surface area (Å²) < 4.78 is 11.0. The Balaban J connectivity index is 1.91. The Labute approximate surface area is 175 Å². The fourth-order valence-electron chi connectivity index (χ4n) is 3.39. The molecule has 0 heterocycles. The van der Waals surface area contributed by atoms with Crippen molar-refractivity contribution in [3.8, 4) is 11.5 Å². The number of nitrogens with zero attached hydrogens (tertiary/aromatic N) is 2. The first-order valence-electron chi connectivity index (χ1n) is 10.6. The normalized spacial score (nSPS) is 13.5. The van der Waals surface area contributed by atoms with Crippen molar-refractivity contribution in [3.05, 3.63) is 24.3 Å². The van der Waals surface area contributed by atoms with Crippen LogP contribution in [0.2, 0.25) is 0 Å². The highest BCUT2D eigenvalue weighted by molar-refractivity contribution is 5.80. The van der Waals surface area contributed by atoms with E-state index in [-0.39, 0.29) is 24.5 Å². The lowest BCUT2D eigenvalue weighted by Gasteiger charge is -2.28. The topological polar surface area (TPSA) is 59.1 Å². The minimum atomic E-state index is -0.0783. The Morgan fingerprint density at radius 3 is 2.10 bits per heavy atom. The molecule has 0 aromatic heterocycles. The maximum atomic E-state index is 12.8. The lowest BCUT2D eigenvalue weighted by atomic mass is 10.1. The molecule has 0 radical (unpaired) electrons. The summed E-state index contributed by atoms with van der Waals surface area (Å²) >= 11 is 0. The fourth-order valence-corrected chi connectivity index (χ4v) is 3.39. The molecule has 1 aliphatic carbocycles. The zero-order chi connectivity index (χ0) is 21.4. The summed E-state index contributed by atoms with van der Waals surface area (Å²) in [7, 11) is 1.58. The van der Waals surface area contributed by atoms with Crippen LogP contribution in [-0.2, 0) is 9.59 Å². The van der Waals surface area contributed by atoms with Gasteiger partial charge in [-0.15, -0.1) is 0 Å². The summed E-state index contributed by atoms with van der Waals surface area (Å²) in [6.45, 7) is 10.4. The predicted octanol–water partition coefficient (Wildman–Crippen LogP) is 3.60. The number of ether oxygens (including phenoxy) is 2. The lowest BCUT2D eigenvalue weighted by molar-refractivity contribution is -0.136. The van der Waals surface area contributed by atoms with Crippen LogP contribution >= 0.6 is 0 Å². The number of amides is 2. The molecule has 162 valence electrons. The smallest absolute Gasteiger partial charge is 0.260 e. The van der Waals surface area contributed by atoms with Crippen molar-refractivity contribution in [2.45, 2.75) is 53.0 Å². The van der Waals surface area contributed by atoms with Crippen molar-refractivity contribution in [1.29, 1.82) is 0 Å². The van der Waals surface area contributed by atoms with Gasteiger partial charge in [-0.25, -0.2) is 0 Å². The molecule has 0 aliphatic heterocycles. The highest BCUT2D eigenvalue weighted by atomic mass is 16.5. The molecular weight excluding hydrogens is 368 g/mol. The maximum Gasteiger partial charge on any atom is 0.260 e. The number of benzene rings is 1. The molecule has 0 N–H and O–H groups in total. The second kappa shape index (κ2) is 11.1.